The summed E-state index contributed by atoms with van der Waals surface area (Å²) in [5.41, 5.74) is 7.77. The first kappa shape index (κ1) is 14.5. The molecule has 3 nitrogen and oxygen atoms in total. The van der Waals surface area contributed by atoms with Gasteiger partial charge in [-0.05, 0) is 29.8 Å². The third kappa shape index (κ3) is 4.06. The Bertz CT molecular complexity index is 614. The van der Waals surface area contributed by atoms with Gasteiger partial charge in [0.05, 0.1) is 6.42 Å². The number of nitrogen functional groups attached to an aromatic ring is 1. The SMILES string of the molecule is Nc1ccc(CC(=O)OCc2ccc(F)cc2Br)cc1. The molecule has 0 radical (unpaired) electrons. The average Bonchev–Trinajstić information content (AvgIpc) is 2.40. The molecule has 0 fully saturated rings. The number of anilines is 1. The molecule has 2 rings (SSSR count). The summed E-state index contributed by atoms with van der Waals surface area (Å²) < 4.78 is 18.7. The fourth-order valence-electron chi connectivity index (χ4n) is 1.65. The Morgan fingerprint density at radius 3 is 2.55 bits per heavy atom. The predicted octanol–water partition coefficient (Wildman–Crippen LogP) is 3.46. The van der Waals surface area contributed by atoms with E-state index in [0.717, 1.165) is 11.1 Å². The number of carbonyl (C=O) groups is 1. The topological polar surface area (TPSA) is 52.3 Å². The van der Waals surface area contributed by atoms with Crippen molar-refractivity contribution in [1.29, 1.82) is 0 Å². The van der Waals surface area contributed by atoms with E-state index in [1.807, 2.05) is 0 Å². The number of ether oxygens (including phenoxy) is 1. The normalized spacial score (nSPS) is 10.3. The van der Waals surface area contributed by atoms with Crippen LogP contribution < -0.4 is 5.73 Å². The fourth-order valence-corrected chi connectivity index (χ4v) is 2.12. The molecule has 0 saturated carbocycles. The van der Waals surface area contributed by atoms with Gasteiger partial charge in [-0.1, -0.05) is 34.1 Å². The Balaban J connectivity index is 1.90. The van der Waals surface area contributed by atoms with E-state index >= 15 is 0 Å². The summed E-state index contributed by atoms with van der Waals surface area (Å²) in [4.78, 5) is 11.7. The minimum Gasteiger partial charge on any atom is -0.461 e. The molecular formula is C15H13BrFNO2. The quantitative estimate of drug-likeness (QED) is 0.686. The van der Waals surface area contributed by atoms with Crippen LogP contribution in [0, 0.1) is 5.82 Å². The van der Waals surface area contributed by atoms with Crippen molar-refractivity contribution in [2.24, 2.45) is 0 Å². The summed E-state index contributed by atoms with van der Waals surface area (Å²) in [6.45, 7) is 0.106. The second-order valence-electron chi connectivity index (χ2n) is 4.31. The predicted molar refractivity (Wildman–Crippen MR) is 78.5 cm³/mol. The zero-order valence-corrected chi connectivity index (χ0v) is 12.2. The van der Waals surface area contributed by atoms with E-state index in [1.165, 1.54) is 12.1 Å². The van der Waals surface area contributed by atoms with E-state index in [2.05, 4.69) is 15.9 Å². The minimum atomic E-state index is -0.342. The molecule has 2 N–H and O–H groups in total. The summed E-state index contributed by atoms with van der Waals surface area (Å²) in [6.07, 6.45) is 0.180. The Morgan fingerprint density at radius 2 is 1.90 bits per heavy atom. The Hall–Kier alpha value is -1.88. The summed E-state index contributed by atoms with van der Waals surface area (Å²) >= 11 is 3.23. The van der Waals surface area contributed by atoms with E-state index in [4.69, 9.17) is 10.5 Å². The zero-order chi connectivity index (χ0) is 14.5. The molecule has 0 aliphatic rings. The van der Waals surface area contributed by atoms with E-state index < -0.39 is 0 Å². The molecule has 0 unspecified atom stereocenters. The highest BCUT2D eigenvalue weighted by Crippen LogP contribution is 2.19. The highest BCUT2D eigenvalue weighted by Gasteiger charge is 2.07. The molecule has 0 aliphatic carbocycles. The van der Waals surface area contributed by atoms with Gasteiger partial charge < -0.3 is 10.5 Å². The smallest absolute Gasteiger partial charge is 0.310 e. The van der Waals surface area contributed by atoms with Crippen LogP contribution in [0.1, 0.15) is 11.1 Å². The van der Waals surface area contributed by atoms with Gasteiger partial charge in [0.2, 0.25) is 0 Å². The van der Waals surface area contributed by atoms with Crippen LogP contribution in [0.15, 0.2) is 46.9 Å². The minimum absolute atomic E-state index is 0.106. The van der Waals surface area contributed by atoms with Crippen LogP contribution in [-0.2, 0) is 22.6 Å². The number of halogens is 2. The van der Waals surface area contributed by atoms with Crippen molar-refractivity contribution in [2.75, 3.05) is 5.73 Å². The molecule has 0 aliphatic heterocycles. The summed E-state index contributed by atoms with van der Waals surface area (Å²) in [6, 6.07) is 11.3. The van der Waals surface area contributed by atoms with Crippen molar-refractivity contribution in [3.05, 3.63) is 63.9 Å². The van der Waals surface area contributed by atoms with Gasteiger partial charge in [-0.2, -0.15) is 0 Å². The maximum Gasteiger partial charge on any atom is 0.310 e. The maximum absolute atomic E-state index is 12.9. The zero-order valence-electron chi connectivity index (χ0n) is 10.6. The fraction of sp³-hybridized carbons (Fsp3) is 0.133. The molecule has 20 heavy (non-hydrogen) atoms. The molecule has 0 bridgehead atoms. The third-order valence-electron chi connectivity index (χ3n) is 2.73. The van der Waals surface area contributed by atoms with Crippen molar-refractivity contribution in [2.45, 2.75) is 13.0 Å². The van der Waals surface area contributed by atoms with Gasteiger partial charge in [-0.25, -0.2) is 4.39 Å². The highest BCUT2D eigenvalue weighted by atomic mass is 79.9. The van der Waals surface area contributed by atoms with Crippen LogP contribution in [0.3, 0.4) is 0 Å². The molecule has 104 valence electrons. The van der Waals surface area contributed by atoms with Gasteiger partial charge in [0.25, 0.3) is 0 Å². The highest BCUT2D eigenvalue weighted by molar-refractivity contribution is 9.10. The Morgan fingerprint density at radius 1 is 1.20 bits per heavy atom. The number of esters is 1. The number of hydrogen-bond acceptors (Lipinski definition) is 3. The van der Waals surface area contributed by atoms with Crippen molar-refractivity contribution < 1.29 is 13.9 Å². The first-order valence-corrected chi connectivity index (χ1v) is 6.78. The number of benzene rings is 2. The van der Waals surface area contributed by atoms with Crippen LogP contribution in [0.5, 0.6) is 0 Å². The Labute approximate surface area is 124 Å². The second-order valence-corrected chi connectivity index (χ2v) is 5.17. The van der Waals surface area contributed by atoms with Crippen molar-refractivity contribution in [1.82, 2.24) is 0 Å². The Kier molecular flexibility index (Phi) is 4.74. The van der Waals surface area contributed by atoms with E-state index in [0.29, 0.717) is 10.2 Å². The molecule has 0 saturated heterocycles. The molecule has 0 amide bonds. The molecule has 2 aromatic rings. The van der Waals surface area contributed by atoms with Crippen LogP contribution in [0.4, 0.5) is 10.1 Å². The summed E-state index contributed by atoms with van der Waals surface area (Å²) in [7, 11) is 0. The van der Waals surface area contributed by atoms with Gasteiger partial charge >= 0.3 is 5.97 Å². The first-order valence-electron chi connectivity index (χ1n) is 5.98. The van der Waals surface area contributed by atoms with Crippen LogP contribution >= 0.6 is 15.9 Å². The van der Waals surface area contributed by atoms with E-state index in [9.17, 15) is 9.18 Å². The van der Waals surface area contributed by atoms with Crippen LogP contribution in [0.25, 0.3) is 0 Å². The van der Waals surface area contributed by atoms with Crippen molar-refractivity contribution >= 4 is 27.6 Å². The lowest BCUT2D eigenvalue weighted by Crippen LogP contribution is -2.08. The lowest BCUT2D eigenvalue weighted by molar-refractivity contribution is -0.144. The van der Waals surface area contributed by atoms with Crippen molar-refractivity contribution in [3.8, 4) is 0 Å². The van der Waals surface area contributed by atoms with Crippen molar-refractivity contribution in [3.63, 3.8) is 0 Å². The molecule has 0 atom stereocenters. The largest absolute Gasteiger partial charge is 0.461 e. The molecule has 2 aromatic carbocycles. The number of rotatable bonds is 4. The van der Waals surface area contributed by atoms with Crippen LogP contribution in [0.2, 0.25) is 0 Å². The van der Waals surface area contributed by atoms with Crippen LogP contribution in [-0.4, -0.2) is 5.97 Å². The molecule has 0 heterocycles. The average molecular weight is 338 g/mol. The molecule has 0 aromatic heterocycles. The van der Waals surface area contributed by atoms with Gasteiger partial charge in [-0.15, -0.1) is 0 Å². The lowest BCUT2D eigenvalue weighted by atomic mass is 10.1. The maximum atomic E-state index is 12.9. The molecular weight excluding hydrogens is 325 g/mol. The summed E-state index contributed by atoms with van der Waals surface area (Å²) in [5.74, 6) is -0.681. The monoisotopic (exact) mass is 337 g/mol. The van der Waals surface area contributed by atoms with E-state index in [-0.39, 0.29) is 24.8 Å². The van der Waals surface area contributed by atoms with Gasteiger partial charge in [0, 0.05) is 15.7 Å². The number of nitrogens with two attached hydrogens (primary N) is 1. The van der Waals surface area contributed by atoms with E-state index in [1.54, 1.807) is 30.3 Å². The van der Waals surface area contributed by atoms with Gasteiger partial charge in [0.1, 0.15) is 12.4 Å². The number of carbonyl (C=O) groups excluding carboxylic acids is 1. The number of hydrogen-bond donors (Lipinski definition) is 1. The lowest BCUT2D eigenvalue weighted by Gasteiger charge is -2.07. The molecule has 5 heteroatoms. The molecule has 0 spiro atoms. The third-order valence-corrected chi connectivity index (χ3v) is 3.47. The van der Waals surface area contributed by atoms with Gasteiger partial charge in [0.15, 0.2) is 0 Å². The second kappa shape index (κ2) is 6.52. The standard InChI is InChI=1S/C15H13BrFNO2/c16-14-8-12(17)4-3-11(14)9-20-15(19)7-10-1-5-13(18)6-2-10/h1-6,8H,7,9,18H2. The first-order chi connectivity index (χ1) is 9.54. The van der Waals surface area contributed by atoms with Gasteiger partial charge in [-0.3, -0.25) is 4.79 Å². The summed E-state index contributed by atoms with van der Waals surface area (Å²) in [5, 5.41) is 0.